The largest absolute Gasteiger partial charge is 0.497 e. The van der Waals surface area contributed by atoms with E-state index < -0.39 is 11.9 Å². The molecule has 0 amide bonds. The molecule has 1 aliphatic heterocycles. The normalized spacial score (nSPS) is 25.4. The van der Waals surface area contributed by atoms with E-state index in [4.69, 9.17) is 9.57 Å². The maximum atomic E-state index is 10.6. The van der Waals surface area contributed by atoms with Crippen molar-refractivity contribution in [3.8, 4) is 5.75 Å². The quantitative estimate of drug-likeness (QED) is 0.908. The van der Waals surface area contributed by atoms with Crippen LogP contribution in [-0.4, -0.2) is 29.2 Å². The molecular weight excluding hydrogens is 294 g/mol. The van der Waals surface area contributed by atoms with Gasteiger partial charge >= 0.3 is 0 Å². The standard InChI is InChI=1S/C18H21NO4/c1-13(20)18(21)12-17(14-8-10-16(22-2)11-9-14)19(23-18)15-6-4-3-5-7-15/h3-11,13,17,20-21H,12H2,1-2H3/t13?,17-,18-/m1/s1. The zero-order valence-electron chi connectivity index (χ0n) is 13.2. The topological polar surface area (TPSA) is 62.2 Å². The molecule has 0 aromatic heterocycles. The molecule has 0 saturated carbocycles. The summed E-state index contributed by atoms with van der Waals surface area (Å²) in [6.45, 7) is 1.53. The number of benzene rings is 2. The van der Waals surface area contributed by atoms with Gasteiger partial charge in [-0.05, 0) is 36.8 Å². The Hall–Kier alpha value is -2.08. The fourth-order valence-corrected chi connectivity index (χ4v) is 2.76. The summed E-state index contributed by atoms with van der Waals surface area (Å²) < 4.78 is 5.19. The van der Waals surface area contributed by atoms with E-state index in [1.54, 1.807) is 12.2 Å². The minimum Gasteiger partial charge on any atom is -0.497 e. The van der Waals surface area contributed by atoms with E-state index in [9.17, 15) is 10.2 Å². The number of methoxy groups -OCH3 is 1. The van der Waals surface area contributed by atoms with Gasteiger partial charge in [-0.3, -0.25) is 0 Å². The third-order valence-electron chi connectivity index (χ3n) is 4.19. The first-order valence-corrected chi connectivity index (χ1v) is 7.61. The third kappa shape index (κ3) is 3.03. The number of aliphatic hydroxyl groups excluding tert-OH is 1. The van der Waals surface area contributed by atoms with Crippen LogP contribution in [0.2, 0.25) is 0 Å². The molecule has 3 rings (SSSR count). The number of hydrogen-bond donors (Lipinski definition) is 2. The van der Waals surface area contributed by atoms with Gasteiger partial charge in [0.1, 0.15) is 11.9 Å². The molecule has 0 bridgehead atoms. The average Bonchev–Trinajstić information content (AvgIpc) is 2.95. The first-order valence-electron chi connectivity index (χ1n) is 7.61. The predicted molar refractivity (Wildman–Crippen MR) is 87.0 cm³/mol. The van der Waals surface area contributed by atoms with Gasteiger partial charge in [0.05, 0.1) is 18.8 Å². The number of nitrogens with zero attached hydrogens (tertiary/aromatic N) is 1. The molecule has 0 radical (unpaired) electrons. The van der Waals surface area contributed by atoms with E-state index in [1.807, 2.05) is 54.6 Å². The molecule has 2 aromatic carbocycles. The Balaban J connectivity index is 1.96. The van der Waals surface area contributed by atoms with Gasteiger partial charge in [0.2, 0.25) is 5.79 Å². The summed E-state index contributed by atoms with van der Waals surface area (Å²) in [5, 5.41) is 22.2. The lowest BCUT2D eigenvalue weighted by Gasteiger charge is -2.27. The van der Waals surface area contributed by atoms with Crippen LogP contribution in [0.15, 0.2) is 54.6 Å². The first kappa shape index (κ1) is 15.8. The van der Waals surface area contributed by atoms with Crippen molar-refractivity contribution in [3.63, 3.8) is 0 Å². The zero-order chi connectivity index (χ0) is 16.4. The van der Waals surface area contributed by atoms with E-state index in [0.717, 1.165) is 17.0 Å². The summed E-state index contributed by atoms with van der Waals surface area (Å²) in [4.78, 5) is 5.73. The SMILES string of the molecule is COc1ccc([C@H]2C[C@](O)(C(C)O)ON2c2ccccc2)cc1. The summed E-state index contributed by atoms with van der Waals surface area (Å²) in [7, 11) is 1.62. The highest BCUT2D eigenvalue weighted by Gasteiger charge is 2.48. The van der Waals surface area contributed by atoms with Crippen molar-refractivity contribution in [1.29, 1.82) is 0 Å². The van der Waals surface area contributed by atoms with Crippen LogP contribution < -0.4 is 9.80 Å². The van der Waals surface area contributed by atoms with Crippen molar-refractivity contribution >= 4 is 5.69 Å². The number of ether oxygens (including phenoxy) is 1. The fourth-order valence-electron chi connectivity index (χ4n) is 2.76. The summed E-state index contributed by atoms with van der Waals surface area (Å²) >= 11 is 0. The van der Waals surface area contributed by atoms with Crippen LogP contribution in [0.3, 0.4) is 0 Å². The minimum absolute atomic E-state index is 0.206. The lowest BCUT2D eigenvalue weighted by molar-refractivity contribution is -0.230. The minimum atomic E-state index is -1.61. The van der Waals surface area contributed by atoms with Crippen LogP contribution >= 0.6 is 0 Å². The van der Waals surface area contributed by atoms with E-state index in [1.165, 1.54) is 6.92 Å². The van der Waals surface area contributed by atoms with Crippen LogP contribution in [0.5, 0.6) is 5.75 Å². The van der Waals surface area contributed by atoms with Crippen molar-refractivity contribution in [3.05, 3.63) is 60.2 Å². The molecule has 5 heteroatoms. The Kier molecular flexibility index (Phi) is 4.26. The molecule has 1 unspecified atom stereocenters. The molecule has 5 nitrogen and oxygen atoms in total. The lowest BCUT2D eigenvalue weighted by atomic mass is 9.97. The molecule has 1 aliphatic rings. The summed E-state index contributed by atoms with van der Waals surface area (Å²) in [6, 6.07) is 17.0. The maximum absolute atomic E-state index is 10.6. The number of anilines is 1. The van der Waals surface area contributed by atoms with Gasteiger partial charge in [0, 0.05) is 6.42 Å². The van der Waals surface area contributed by atoms with Crippen molar-refractivity contribution in [2.24, 2.45) is 0 Å². The molecule has 1 saturated heterocycles. The molecule has 122 valence electrons. The van der Waals surface area contributed by atoms with Gasteiger partial charge in [0.25, 0.3) is 0 Å². The number of para-hydroxylation sites is 1. The van der Waals surface area contributed by atoms with E-state index >= 15 is 0 Å². The van der Waals surface area contributed by atoms with Crippen LogP contribution in [0.25, 0.3) is 0 Å². The highest BCUT2D eigenvalue weighted by Crippen LogP contribution is 2.43. The molecule has 2 aromatic rings. The molecule has 0 aliphatic carbocycles. The number of aliphatic hydroxyl groups is 2. The van der Waals surface area contributed by atoms with Crippen LogP contribution in [0.1, 0.15) is 24.9 Å². The maximum Gasteiger partial charge on any atom is 0.220 e. The summed E-state index contributed by atoms with van der Waals surface area (Å²) in [5.74, 6) is -0.842. The zero-order valence-corrected chi connectivity index (χ0v) is 13.2. The first-order chi connectivity index (χ1) is 11.0. The lowest BCUT2D eigenvalue weighted by Crippen LogP contribution is -2.41. The monoisotopic (exact) mass is 315 g/mol. The van der Waals surface area contributed by atoms with Crippen molar-refractivity contribution in [2.75, 3.05) is 12.2 Å². The molecule has 23 heavy (non-hydrogen) atoms. The van der Waals surface area contributed by atoms with Gasteiger partial charge in [-0.2, -0.15) is 0 Å². The predicted octanol–water partition coefficient (Wildman–Crippen LogP) is 2.65. The third-order valence-corrected chi connectivity index (χ3v) is 4.19. The van der Waals surface area contributed by atoms with Gasteiger partial charge < -0.3 is 14.9 Å². The Morgan fingerprint density at radius 1 is 1.17 bits per heavy atom. The van der Waals surface area contributed by atoms with Gasteiger partial charge in [-0.1, -0.05) is 30.3 Å². The molecule has 3 atom stereocenters. The number of hydroxylamine groups is 1. The number of hydrogen-bond acceptors (Lipinski definition) is 5. The number of rotatable bonds is 4. The smallest absolute Gasteiger partial charge is 0.220 e. The van der Waals surface area contributed by atoms with Crippen LogP contribution in [0, 0.1) is 0 Å². The summed E-state index contributed by atoms with van der Waals surface area (Å²) in [6.07, 6.45) is -0.733. The molecule has 1 heterocycles. The van der Waals surface area contributed by atoms with Crippen molar-refractivity contribution in [2.45, 2.75) is 31.3 Å². The molecule has 2 N–H and O–H groups in total. The van der Waals surface area contributed by atoms with Gasteiger partial charge in [-0.15, -0.1) is 0 Å². The van der Waals surface area contributed by atoms with Gasteiger partial charge in [-0.25, -0.2) is 9.90 Å². The van der Waals surface area contributed by atoms with Crippen molar-refractivity contribution < 1.29 is 19.8 Å². The Morgan fingerprint density at radius 2 is 1.83 bits per heavy atom. The van der Waals surface area contributed by atoms with E-state index in [2.05, 4.69) is 0 Å². The fraction of sp³-hybridized carbons (Fsp3) is 0.333. The van der Waals surface area contributed by atoms with Gasteiger partial charge in [0.15, 0.2) is 0 Å². The highest BCUT2D eigenvalue weighted by atomic mass is 16.8. The van der Waals surface area contributed by atoms with Crippen molar-refractivity contribution in [1.82, 2.24) is 0 Å². The summed E-state index contributed by atoms with van der Waals surface area (Å²) in [5.41, 5.74) is 1.80. The van der Waals surface area contributed by atoms with Crippen LogP contribution in [-0.2, 0) is 4.84 Å². The Bertz CT molecular complexity index is 644. The van der Waals surface area contributed by atoms with E-state index in [0.29, 0.717) is 0 Å². The van der Waals surface area contributed by atoms with Crippen LogP contribution in [0.4, 0.5) is 5.69 Å². The second-order valence-electron chi connectivity index (χ2n) is 5.77. The second kappa shape index (κ2) is 6.20. The van der Waals surface area contributed by atoms with E-state index in [-0.39, 0.29) is 12.5 Å². The second-order valence-corrected chi connectivity index (χ2v) is 5.77. The Labute approximate surface area is 135 Å². The highest BCUT2D eigenvalue weighted by molar-refractivity contribution is 5.48. The molecule has 0 spiro atoms. The molecule has 1 fully saturated rings. The molecular formula is C18H21NO4. The Morgan fingerprint density at radius 3 is 2.39 bits per heavy atom. The average molecular weight is 315 g/mol.